The molecule has 0 aliphatic carbocycles. The van der Waals surface area contributed by atoms with Crippen LogP contribution in [0.1, 0.15) is 17.5 Å². The fourth-order valence-electron chi connectivity index (χ4n) is 4.13. The van der Waals surface area contributed by atoms with E-state index in [9.17, 15) is 5.11 Å². The van der Waals surface area contributed by atoms with Gasteiger partial charge in [0.05, 0.1) is 6.61 Å². The van der Waals surface area contributed by atoms with Crippen molar-refractivity contribution in [1.82, 2.24) is 9.80 Å². The van der Waals surface area contributed by atoms with Gasteiger partial charge < -0.3 is 14.7 Å². The predicted octanol–water partition coefficient (Wildman–Crippen LogP) is 3.15. The minimum Gasteiger partial charge on any atom is -0.508 e. The molecule has 0 radical (unpaired) electrons. The number of phenolic OH excluding ortho intramolecular Hbond substituents is 1. The fraction of sp³-hybridized carbons (Fsp3) is 0.455. The van der Waals surface area contributed by atoms with Gasteiger partial charge in [-0.1, -0.05) is 30.3 Å². The van der Waals surface area contributed by atoms with E-state index in [4.69, 9.17) is 4.74 Å². The lowest BCUT2D eigenvalue weighted by Gasteiger charge is -2.36. The second-order valence-electron chi connectivity index (χ2n) is 7.56. The van der Waals surface area contributed by atoms with E-state index in [1.165, 1.54) is 11.1 Å². The molecule has 0 bridgehead atoms. The van der Waals surface area contributed by atoms with Gasteiger partial charge in [-0.15, -0.1) is 0 Å². The zero-order valence-electron chi connectivity index (χ0n) is 15.3. The molecular formula is C22H28N2O2. The van der Waals surface area contributed by atoms with Crippen LogP contribution in [0.5, 0.6) is 11.5 Å². The third-order valence-electron chi connectivity index (χ3n) is 5.56. The van der Waals surface area contributed by atoms with Crippen molar-refractivity contribution >= 4 is 0 Å². The van der Waals surface area contributed by atoms with Crippen molar-refractivity contribution in [3.63, 3.8) is 0 Å². The van der Waals surface area contributed by atoms with E-state index in [0.29, 0.717) is 11.7 Å². The van der Waals surface area contributed by atoms with Gasteiger partial charge in [0.2, 0.25) is 0 Å². The first kappa shape index (κ1) is 17.4. The highest BCUT2D eigenvalue weighted by Crippen LogP contribution is 2.27. The largest absolute Gasteiger partial charge is 0.508 e. The number of piperazine rings is 1. The highest BCUT2D eigenvalue weighted by atomic mass is 16.5. The van der Waals surface area contributed by atoms with Gasteiger partial charge in [-0.3, -0.25) is 4.90 Å². The number of hydrogen-bond donors (Lipinski definition) is 1. The van der Waals surface area contributed by atoms with Crippen molar-refractivity contribution in [2.24, 2.45) is 5.92 Å². The second-order valence-corrected chi connectivity index (χ2v) is 7.56. The third-order valence-corrected chi connectivity index (χ3v) is 5.56. The standard InChI is InChI=1S/C22H28N2O2/c25-21-6-3-4-18(15-21)16-23-9-11-24(12-10-23)17-19-8-13-26-22-7-2-1-5-20(22)14-19/h1-7,15,19,25H,8-14,16-17H2/t19-/m0/s1. The average molecular weight is 352 g/mol. The minimum absolute atomic E-state index is 0.358. The van der Waals surface area contributed by atoms with Gasteiger partial charge in [-0.2, -0.15) is 0 Å². The number of benzene rings is 2. The van der Waals surface area contributed by atoms with Crippen molar-refractivity contribution in [3.8, 4) is 11.5 Å². The monoisotopic (exact) mass is 352 g/mol. The van der Waals surface area contributed by atoms with Crippen molar-refractivity contribution in [2.45, 2.75) is 19.4 Å². The molecule has 0 unspecified atom stereocenters. The van der Waals surface area contributed by atoms with Crippen LogP contribution in [0.15, 0.2) is 48.5 Å². The highest BCUT2D eigenvalue weighted by Gasteiger charge is 2.23. The summed E-state index contributed by atoms with van der Waals surface area (Å²) < 4.78 is 5.91. The zero-order valence-corrected chi connectivity index (χ0v) is 15.3. The van der Waals surface area contributed by atoms with Crippen molar-refractivity contribution in [2.75, 3.05) is 39.3 Å². The molecule has 2 aromatic carbocycles. The molecule has 2 aliphatic heterocycles. The summed E-state index contributed by atoms with van der Waals surface area (Å²) in [4.78, 5) is 5.09. The maximum atomic E-state index is 9.62. The highest BCUT2D eigenvalue weighted by molar-refractivity contribution is 5.34. The van der Waals surface area contributed by atoms with Crippen molar-refractivity contribution in [1.29, 1.82) is 0 Å². The average Bonchev–Trinajstić information content (AvgIpc) is 2.85. The summed E-state index contributed by atoms with van der Waals surface area (Å²) in [6.07, 6.45) is 2.26. The molecular weight excluding hydrogens is 324 g/mol. The van der Waals surface area contributed by atoms with Gasteiger partial charge in [-0.25, -0.2) is 0 Å². The molecule has 0 spiro atoms. The Morgan fingerprint density at radius 3 is 2.62 bits per heavy atom. The van der Waals surface area contributed by atoms with E-state index in [1.54, 1.807) is 6.07 Å². The fourth-order valence-corrected chi connectivity index (χ4v) is 4.13. The van der Waals surface area contributed by atoms with Gasteiger partial charge in [0.25, 0.3) is 0 Å². The lowest BCUT2D eigenvalue weighted by Crippen LogP contribution is -2.47. The van der Waals surface area contributed by atoms with Crippen LogP contribution in [0.25, 0.3) is 0 Å². The van der Waals surface area contributed by atoms with Gasteiger partial charge >= 0.3 is 0 Å². The van der Waals surface area contributed by atoms with Crippen LogP contribution < -0.4 is 4.74 Å². The molecule has 1 saturated heterocycles. The van der Waals surface area contributed by atoms with Crippen molar-refractivity contribution < 1.29 is 9.84 Å². The number of hydrogen-bond acceptors (Lipinski definition) is 4. The first-order valence-electron chi connectivity index (χ1n) is 9.69. The Hall–Kier alpha value is -2.04. The second kappa shape index (κ2) is 8.11. The molecule has 138 valence electrons. The summed E-state index contributed by atoms with van der Waals surface area (Å²) in [5.74, 6) is 2.11. The van der Waals surface area contributed by atoms with Gasteiger partial charge in [0, 0.05) is 39.3 Å². The normalized spacial score (nSPS) is 21.6. The Labute approximate surface area is 156 Å². The molecule has 0 aromatic heterocycles. The third kappa shape index (κ3) is 4.37. The van der Waals surface area contributed by atoms with Crippen LogP contribution in [-0.4, -0.2) is 54.2 Å². The van der Waals surface area contributed by atoms with E-state index >= 15 is 0 Å². The van der Waals surface area contributed by atoms with Crippen LogP contribution in [0, 0.1) is 5.92 Å². The summed E-state index contributed by atoms with van der Waals surface area (Å²) in [5, 5.41) is 9.62. The van der Waals surface area contributed by atoms with Crippen molar-refractivity contribution in [3.05, 3.63) is 59.7 Å². The predicted molar refractivity (Wildman–Crippen MR) is 104 cm³/mol. The number of phenols is 1. The summed E-state index contributed by atoms with van der Waals surface area (Å²) in [6, 6.07) is 16.1. The van der Waals surface area contributed by atoms with E-state index in [1.807, 2.05) is 12.1 Å². The SMILES string of the molecule is Oc1cccc(CN2CCN(C[C@H]3CCOc4ccccc4C3)CC2)c1. The Morgan fingerprint density at radius 2 is 1.77 bits per heavy atom. The molecule has 0 amide bonds. The molecule has 26 heavy (non-hydrogen) atoms. The maximum Gasteiger partial charge on any atom is 0.122 e. The number of aromatic hydroxyl groups is 1. The summed E-state index contributed by atoms with van der Waals surface area (Å²) in [7, 11) is 0. The molecule has 4 heteroatoms. The molecule has 2 heterocycles. The first-order chi connectivity index (χ1) is 12.8. The van der Waals surface area contributed by atoms with Crippen LogP contribution in [0.4, 0.5) is 0 Å². The lowest BCUT2D eigenvalue weighted by atomic mass is 9.96. The molecule has 2 aliphatic rings. The van der Waals surface area contributed by atoms with Gasteiger partial charge in [0.1, 0.15) is 11.5 Å². The van der Waals surface area contributed by atoms with Gasteiger partial charge in [-0.05, 0) is 48.1 Å². The summed E-state index contributed by atoms with van der Waals surface area (Å²) in [6.45, 7) is 7.35. The molecule has 2 aromatic rings. The molecule has 4 nitrogen and oxygen atoms in total. The van der Waals surface area contributed by atoms with Crippen LogP contribution in [0.2, 0.25) is 0 Å². The number of fused-ring (bicyclic) bond motifs is 1. The van der Waals surface area contributed by atoms with Crippen LogP contribution in [-0.2, 0) is 13.0 Å². The van der Waals surface area contributed by atoms with Crippen LogP contribution >= 0.6 is 0 Å². The zero-order chi connectivity index (χ0) is 17.8. The quantitative estimate of drug-likeness (QED) is 0.917. The number of ether oxygens (including phenoxy) is 1. The molecule has 4 rings (SSSR count). The van der Waals surface area contributed by atoms with E-state index in [0.717, 1.165) is 64.5 Å². The number of nitrogens with zero attached hydrogens (tertiary/aromatic N) is 2. The Bertz CT molecular complexity index is 726. The van der Waals surface area contributed by atoms with Gasteiger partial charge in [0.15, 0.2) is 0 Å². The maximum absolute atomic E-state index is 9.62. The Kier molecular flexibility index (Phi) is 5.42. The summed E-state index contributed by atoms with van der Waals surface area (Å²) >= 11 is 0. The Morgan fingerprint density at radius 1 is 0.962 bits per heavy atom. The lowest BCUT2D eigenvalue weighted by molar-refractivity contribution is 0.109. The van der Waals surface area contributed by atoms with E-state index < -0.39 is 0 Å². The van der Waals surface area contributed by atoms with E-state index in [2.05, 4.69) is 40.1 Å². The molecule has 1 fully saturated rings. The summed E-state index contributed by atoms with van der Waals surface area (Å²) in [5.41, 5.74) is 2.55. The van der Waals surface area contributed by atoms with Crippen LogP contribution in [0.3, 0.4) is 0 Å². The number of rotatable bonds is 4. The molecule has 1 N–H and O–H groups in total. The molecule has 0 saturated carbocycles. The minimum atomic E-state index is 0.358. The Balaban J connectivity index is 1.27. The topological polar surface area (TPSA) is 35.9 Å². The smallest absolute Gasteiger partial charge is 0.122 e. The van der Waals surface area contributed by atoms with E-state index in [-0.39, 0.29) is 0 Å². The first-order valence-corrected chi connectivity index (χ1v) is 9.69. The molecule has 1 atom stereocenters. The number of para-hydroxylation sites is 1.